The van der Waals surface area contributed by atoms with Gasteiger partial charge in [0.1, 0.15) is 6.10 Å². The van der Waals surface area contributed by atoms with Crippen molar-refractivity contribution < 1.29 is 14.3 Å². The first-order valence-electron chi connectivity index (χ1n) is 8.05. The summed E-state index contributed by atoms with van der Waals surface area (Å²) >= 11 is 0. The molecule has 0 radical (unpaired) electrons. The molecule has 0 saturated heterocycles. The number of allylic oxidation sites excluding steroid dienone is 1. The first-order chi connectivity index (χ1) is 10.5. The van der Waals surface area contributed by atoms with E-state index in [9.17, 15) is 9.90 Å². The fourth-order valence-corrected chi connectivity index (χ4v) is 7.16. The van der Waals surface area contributed by atoms with Gasteiger partial charge in [-0.25, -0.2) is 4.79 Å². The van der Waals surface area contributed by atoms with E-state index < -0.39 is 33.5 Å². The van der Waals surface area contributed by atoms with Crippen molar-refractivity contribution in [3.05, 3.63) is 42.5 Å². The maximum absolute atomic E-state index is 12.1. The Morgan fingerprint density at radius 2 is 1.70 bits per heavy atom. The second kappa shape index (κ2) is 7.15. The van der Waals surface area contributed by atoms with Crippen LogP contribution in [-0.4, -0.2) is 33.6 Å². The topological polar surface area (TPSA) is 46.5 Å². The van der Waals surface area contributed by atoms with Crippen molar-refractivity contribution in [2.24, 2.45) is 0 Å². The molecule has 128 valence electrons. The van der Waals surface area contributed by atoms with Crippen molar-refractivity contribution >= 4 is 27.5 Å². The molecule has 0 heterocycles. The van der Waals surface area contributed by atoms with Gasteiger partial charge in [-0.1, -0.05) is 67.7 Å². The van der Waals surface area contributed by atoms with Crippen LogP contribution in [0.15, 0.2) is 42.5 Å². The number of hydrogen-bond acceptors (Lipinski definition) is 2. The molecule has 0 aromatic heterocycles. The van der Waals surface area contributed by atoms with Crippen molar-refractivity contribution in [3.63, 3.8) is 0 Å². The van der Waals surface area contributed by atoms with Crippen molar-refractivity contribution in [1.29, 1.82) is 0 Å². The Kier molecular flexibility index (Phi) is 6.18. The van der Waals surface area contributed by atoms with E-state index in [1.54, 1.807) is 0 Å². The second-order valence-electron chi connectivity index (χ2n) is 7.72. The second-order valence-corrected chi connectivity index (χ2v) is 17.1. The SMILES string of the molecule is C/C=C/[C@@](C)([C@H](O[Si](C)(C)C)C(=O)O)[Si](C)(C)c1ccccc1. The van der Waals surface area contributed by atoms with Crippen LogP contribution in [-0.2, 0) is 9.22 Å². The zero-order valence-electron chi connectivity index (χ0n) is 15.4. The predicted molar refractivity (Wildman–Crippen MR) is 103 cm³/mol. The molecular weight excluding hydrogens is 320 g/mol. The Balaban J connectivity index is 3.47. The van der Waals surface area contributed by atoms with Gasteiger partial charge in [0, 0.05) is 5.04 Å². The average molecular weight is 351 g/mol. The number of hydrogen-bond donors (Lipinski definition) is 1. The number of carbonyl (C=O) groups is 1. The van der Waals surface area contributed by atoms with E-state index in [1.807, 2.05) is 63.8 Å². The predicted octanol–water partition coefficient (Wildman–Crippen LogP) is 4.24. The highest BCUT2D eigenvalue weighted by molar-refractivity contribution is 6.93. The van der Waals surface area contributed by atoms with Gasteiger partial charge in [-0.15, -0.1) is 0 Å². The zero-order valence-corrected chi connectivity index (χ0v) is 17.4. The maximum Gasteiger partial charge on any atom is 0.332 e. The molecule has 1 rings (SSSR count). The minimum atomic E-state index is -2.15. The summed E-state index contributed by atoms with van der Waals surface area (Å²) < 4.78 is 6.15. The van der Waals surface area contributed by atoms with Crippen LogP contribution in [0, 0.1) is 0 Å². The molecule has 1 aromatic rings. The molecule has 0 aliphatic heterocycles. The van der Waals surface area contributed by atoms with Gasteiger partial charge in [0.2, 0.25) is 0 Å². The lowest BCUT2D eigenvalue weighted by atomic mass is 10.0. The molecule has 1 N–H and O–H groups in total. The fraction of sp³-hybridized carbons (Fsp3) is 0.500. The highest BCUT2D eigenvalue weighted by Gasteiger charge is 2.52. The maximum atomic E-state index is 12.1. The molecule has 0 aliphatic carbocycles. The first-order valence-corrected chi connectivity index (χ1v) is 14.5. The van der Waals surface area contributed by atoms with Crippen LogP contribution in [0.25, 0.3) is 0 Å². The van der Waals surface area contributed by atoms with E-state index in [0.29, 0.717) is 0 Å². The normalized spacial score (nSPS) is 17.0. The number of carboxylic acid groups (broad SMARTS) is 1. The first kappa shape index (κ1) is 19.9. The molecule has 5 heteroatoms. The number of rotatable bonds is 7. The third-order valence-electron chi connectivity index (χ3n) is 4.60. The summed E-state index contributed by atoms with van der Waals surface area (Å²) in [5.74, 6) is -0.871. The Morgan fingerprint density at radius 1 is 1.17 bits per heavy atom. The van der Waals surface area contributed by atoms with Crippen LogP contribution in [0.5, 0.6) is 0 Å². The Morgan fingerprint density at radius 3 is 2.09 bits per heavy atom. The molecule has 2 atom stereocenters. The molecule has 0 aliphatic rings. The Bertz CT molecular complexity index is 561. The monoisotopic (exact) mass is 350 g/mol. The summed E-state index contributed by atoms with van der Waals surface area (Å²) in [6, 6.07) is 10.3. The van der Waals surface area contributed by atoms with E-state index in [2.05, 4.69) is 25.2 Å². The van der Waals surface area contributed by atoms with Gasteiger partial charge in [-0.2, -0.15) is 0 Å². The molecule has 23 heavy (non-hydrogen) atoms. The van der Waals surface area contributed by atoms with Crippen LogP contribution in [0.2, 0.25) is 37.8 Å². The van der Waals surface area contributed by atoms with E-state index in [-0.39, 0.29) is 0 Å². The van der Waals surface area contributed by atoms with E-state index in [0.717, 1.165) is 0 Å². The van der Waals surface area contributed by atoms with Gasteiger partial charge in [-0.3, -0.25) is 0 Å². The standard InChI is InChI=1S/C18H30O3Si2/c1-8-14-18(2,16(17(19)20)21-22(3,4)5)23(6,7)15-12-10-9-11-13-15/h8-14,16H,1-7H3,(H,19,20)/b14-8+/t16-,18+/m1/s1. The van der Waals surface area contributed by atoms with Gasteiger partial charge in [-0.05, 0) is 26.6 Å². The van der Waals surface area contributed by atoms with Crippen molar-refractivity contribution in [1.82, 2.24) is 0 Å². The largest absolute Gasteiger partial charge is 0.479 e. The van der Waals surface area contributed by atoms with Gasteiger partial charge < -0.3 is 9.53 Å². The van der Waals surface area contributed by atoms with Gasteiger partial charge in [0.15, 0.2) is 8.32 Å². The van der Waals surface area contributed by atoms with Gasteiger partial charge in [0.25, 0.3) is 0 Å². The summed E-state index contributed by atoms with van der Waals surface area (Å²) in [5, 5.41) is 10.6. The summed E-state index contributed by atoms with van der Waals surface area (Å²) in [5.41, 5.74) is 0. The minimum Gasteiger partial charge on any atom is -0.479 e. The van der Waals surface area contributed by atoms with Gasteiger partial charge in [0.05, 0.1) is 8.07 Å². The van der Waals surface area contributed by atoms with Crippen molar-refractivity contribution in [3.8, 4) is 0 Å². The Hall–Kier alpha value is -1.18. The fourth-order valence-electron chi connectivity index (χ4n) is 2.92. The van der Waals surface area contributed by atoms with Crippen LogP contribution in [0.3, 0.4) is 0 Å². The van der Waals surface area contributed by atoms with Crippen LogP contribution in [0.4, 0.5) is 0 Å². The summed E-state index contributed by atoms with van der Waals surface area (Å²) in [4.78, 5) is 12.1. The van der Waals surface area contributed by atoms with Crippen LogP contribution >= 0.6 is 0 Å². The average Bonchev–Trinajstić information content (AvgIpc) is 2.44. The number of aliphatic carboxylic acids is 1. The quantitative estimate of drug-likeness (QED) is 0.591. The number of carboxylic acids is 1. The van der Waals surface area contributed by atoms with E-state index >= 15 is 0 Å². The molecule has 0 spiro atoms. The lowest BCUT2D eigenvalue weighted by Gasteiger charge is -2.46. The van der Waals surface area contributed by atoms with E-state index in [4.69, 9.17) is 4.43 Å². The van der Waals surface area contributed by atoms with Gasteiger partial charge >= 0.3 is 5.97 Å². The molecule has 0 bridgehead atoms. The minimum absolute atomic E-state index is 0.533. The lowest BCUT2D eigenvalue weighted by Crippen LogP contribution is -2.59. The molecule has 0 saturated carbocycles. The summed E-state index contributed by atoms with van der Waals surface area (Å²) in [7, 11) is -4.14. The molecular formula is C18H30O3Si2. The molecule has 3 nitrogen and oxygen atoms in total. The lowest BCUT2D eigenvalue weighted by molar-refractivity contribution is -0.146. The third kappa shape index (κ3) is 4.43. The molecule has 1 aromatic carbocycles. The van der Waals surface area contributed by atoms with E-state index in [1.165, 1.54) is 5.19 Å². The van der Waals surface area contributed by atoms with Crippen LogP contribution < -0.4 is 5.19 Å². The zero-order chi connectivity index (χ0) is 17.9. The van der Waals surface area contributed by atoms with Crippen LogP contribution in [0.1, 0.15) is 13.8 Å². The molecule has 0 unspecified atom stereocenters. The highest BCUT2D eigenvalue weighted by Crippen LogP contribution is 2.45. The third-order valence-corrected chi connectivity index (χ3v) is 10.4. The highest BCUT2D eigenvalue weighted by atomic mass is 28.4. The number of benzene rings is 1. The van der Waals surface area contributed by atoms with Crippen molar-refractivity contribution in [2.75, 3.05) is 0 Å². The summed E-state index contributed by atoms with van der Waals surface area (Å²) in [6.07, 6.45) is 3.18. The smallest absolute Gasteiger partial charge is 0.332 e. The molecule has 0 fully saturated rings. The molecule has 0 amide bonds. The van der Waals surface area contributed by atoms with Crippen molar-refractivity contribution in [2.45, 2.75) is 57.7 Å². The summed E-state index contributed by atoms with van der Waals surface area (Å²) in [6.45, 7) is 14.6. The Labute approximate surface area is 142 Å².